The molecule has 0 aliphatic heterocycles. The van der Waals surface area contributed by atoms with Crippen molar-refractivity contribution in [1.29, 1.82) is 0 Å². The smallest absolute Gasteiger partial charge is 0.261 e. The number of hydrogen-bond acceptors (Lipinski definition) is 3. The van der Waals surface area contributed by atoms with Gasteiger partial charge in [0.25, 0.3) is 5.56 Å². The van der Waals surface area contributed by atoms with E-state index in [0.717, 1.165) is 27.9 Å². The van der Waals surface area contributed by atoms with E-state index in [9.17, 15) is 4.79 Å². The Morgan fingerprint density at radius 3 is 2.44 bits per heavy atom. The molecular formula is C23H21N3O. The Hall–Kier alpha value is -3.40. The summed E-state index contributed by atoms with van der Waals surface area (Å²) in [5.74, 6) is 0. The zero-order valence-electron chi connectivity index (χ0n) is 15.5. The Kier molecular flexibility index (Phi) is 4.47. The van der Waals surface area contributed by atoms with Gasteiger partial charge in [0.05, 0.1) is 23.8 Å². The number of nitrogens with zero attached hydrogens (tertiary/aromatic N) is 3. The molecule has 0 fully saturated rings. The molecule has 0 unspecified atom stereocenters. The Morgan fingerprint density at radius 1 is 0.889 bits per heavy atom. The molecule has 27 heavy (non-hydrogen) atoms. The molecule has 0 amide bonds. The van der Waals surface area contributed by atoms with Crippen LogP contribution >= 0.6 is 0 Å². The molecule has 0 saturated heterocycles. The molecule has 4 heteroatoms. The van der Waals surface area contributed by atoms with Crippen LogP contribution in [0.3, 0.4) is 0 Å². The largest absolute Gasteiger partial charge is 0.378 e. The predicted octanol–water partition coefficient (Wildman–Crippen LogP) is 4.18. The van der Waals surface area contributed by atoms with Crippen LogP contribution in [0.2, 0.25) is 0 Å². The van der Waals surface area contributed by atoms with Gasteiger partial charge in [-0.3, -0.25) is 9.36 Å². The standard InChI is InChI=1S/C23H21N3O/c1-25(2)20-10-6-9-19(14-20)18-8-5-7-17(13-18)15-26-16-24-22-12-4-3-11-21(22)23(26)27/h3-14,16H,15H2,1-2H3. The lowest BCUT2D eigenvalue weighted by molar-refractivity contribution is 0.748. The van der Waals surface area contributed by atoms with Gasteiger partial charge in [0.1, 0.15) is 0 Å². The van der Waals surface area contributed by atoms with Gasteiger partial charge >= 0.3 is 0 Å². The number of hydrogen-bond donors (Lipinski definition) is 0. The Bertz CT molecular complexity index is 1160. The first kappa shape index (κ1) is 17.0. The SMILES string of the molecule is CN(C)c1cccc(-c2cccc(Cn3cnc4ccccc4c3=O)c2)c1. The van der Waals surface area contributed by atoms with Crippen molar-refractivity contribution >= 4 is 16.6 Å². The second kappa shape index (κ2) is 7.08. The van der Waals surface area contributed by atoms with E-state index in [2.05, 4.69) is 46.3 Å². The molecule has 3 aromatic carbocycles. The van der Waals surface area contributed by atoms with Crippen LogP contribution in [0.15, 0.2) is 83.9 Å². The van der Waals surface area contributed by atoms with Crippen LogP contribution in [0, 0.1) is 0 Å². The molecule has 0 bridgehead atoms. The number of rotatable bonds is 4. The van der Waals surface area contributed by atoms with Crippen LogP contribution in [0.1, 0.15) is 5.56 Å². The highest BCUT2D eigenvalue weighted by molar-refractivity contribution is 5.77. The fourth-order valence-corrected chi connectivity index (χ4v) is 3.23. The highest BCUT2D eigenvalue weighted by Crippen LogP contribution is 2.25. The number of aromatic nitrogens is 2. The van der Waals surface area contributed by atoms with Gasteiger partial charge in [-0.15, -0.1) is 0 Å². The molecule has 0 aliphatic rings. The van der Waals surface area contributed by atoms with Crippen LogP contribution in [0.4, 0.5) is 5.69 Å². The zero-order chi connectivity index (χ0) is 18.8. The summed E-state index contributed by atoms with van der Waals surface area (Å²) in [4.78, 5) is 19.2. The average molecular weight is 355 g/mol. The first-order chi connectivity index (χ1) is 13.1. The predicted molar refractivity (Wildman–Crippen MR) is 111 cm³/mol. The van der Waals surface area contributed by atoms with Gasteiger partial charge in [0.2, 0.25) is 0 Å². The normalized spacial score (nSPS) is 10.9. The van der Waals surface area contributed by atoms with Crippen LogP contribution in [0.25, 0.3) is 22.0 Å². The van der Waals surface area contributed by atoms with Gasteiger partial charge in [-0.2, -0.15) is 0 Å². The van der Waals surface area contributed by atoms with E-state index in [1.807, 2.05) is 50.5 Å². The molecule has 4 aromatic rings. The summed E-state index contributed by atoms with van der Waals surface area (Å²) in [6.45, 7) is 0.498. The molecule has 0 radical (unpaired) electrons. The monoisotopic (exact) mass is 355 g/mol. The van der Waals surface area contributed by atoms with Gasteiger partial charge in [-0.05, 0) is 47.0 Å². The van der Waals surface area contributed by atoms with Gasteiger partial charge < -0.3 is 4.90 Å². The molecule has 0 saturated carbocycles. The Balaban J connectivity index is 1.69. The minimum Gasteiger partial charge on any atom is -0.378 e. The fraction of sp³-hybridized carbons (Fsp3) is 0.130. The molecule has 0 spiro atoms. The van der Waals surface area contributed by atoms with Crippen molar-refractivity contribution in [2.45, 2.75) is 6.54 Å². The van der Waals surface area contributed by atoms with E-state index in [1.54, 1.807) is 10.9 Å². The summed E-state index contributed by atoms with van der Waals surface area (Å²) in [6, 6.07) is 24.2. The lowest BCUT2D eigenvalue weighted by Crippen LogP contribution is -2.21. The molecule has 0 aliphatic carbocycles. The van der Waals surface area contributed by atoms with Crippen molar-refractivity contribution in [3.63, 3.8) is 0 Å². The lowest BCUT2D eigenvalue weighted by Gasteiger charge is -2.14. The third kappa shape index (κ3) is 3.47. The molecule has 4 rings (SSSR count). The molecule has 4 nitrogen and oxygen atoms in total. The van der Waals surface area contributed by atoms with E-state index in [1.165, 1.54) is 0 Å². The van der Waals surface area contributed by atoms with Crippen molar-refractivity contribution in [3.8, 4) is 11.1 Å². The maximum atomic E-state index is 12.7. The van der Waals surface area contributed by atoms with Crippen LogP contribution in [-0.2, 0) is 6.54 Å². The summed E-state index contributed by atoms with van der Waals surface area (Å²) in [5.41, 5.74) is 5.24. The van der Waals surface area contributed by atoms with E-state index < -0.39 is 0 Å². The first-order valence-corrected chi connectivity index (χ1v) is 8.93. The third-order valence-corrected chi connectivity index (χ3v) is 4.71. The van der Waals surface area contributed by atoms with E-state index in [-0.39, 0.29) is 5.56 Å². The van der Waals surface area contributed by atoms with Crippen LogP contribution in [-0.4, -0.2) is 23.6 Å². The highest BCUT2D eigenvalue weighted by atomic mass is 16.1. The minimum absolute atomic E-state index is 0.0133. The van der Waals surface area contributed by atoms with Crippen molar-refractivity contribution in [3.05, 3.63) is 95.0 Å². The van der Waals surface area contributed by atoms with E-state index >= 15 is 0 Å². The lowest BCUT2D eigenvalue weighted by atomic mass is 10.0. The fourth-order valence-electron chi connectivity index (χ4n) is 3.23. The molecule has 1 aromatic heterocycles. The molecule has 134 valence electrons. The third-order valence-electron chi connectivity index (χ3n) is 4.71. The van der Waals surface area contributed by atoms with Gasteiger partial charge in [0, 0.05) is 19.8 Å². The number of anilines is 1. The second-order valence-corrected chi connectivity index (χ2v) is 6.84. The summed E-state index contributed by atoms with van der Waals surface area (Å²) < 4.78 is 1.66. The summed E-state index contributed by atoms with van der Waals surface area (Å²) in [5, 5.41) is 0.648. The Labute approximate surface area is 158 Å². The highest BCUT2D eigenvalue weighted by Gasteiger charge is 2.06. The van der Waals surface area contributed by atoms with Crippen LogP contribution < -0.4 is 10.5 Å². The van der Waals surface area contributed by atoms with Crippen molar-refractivity contribution < 1.29 is 0 Å². The van der Waals surface area contributed by atoms with Crippen LogP contribution in [0.5, 0.6) is 0 Å². The summed E-state index contributed by atoms with van der Waals surface area (Å²) in [7, 11) is 4.07. The molecular weight excluding hydrogens is 334 g/mol. The topological polar surface area (TPSA) is 38.1 Å². The maximum absolute atomic E-state index is 12.7. The number of fused-ring (bicyclic) bond motifs is 1. The summed E-state index contributed by atoms with van der Waals surface area (Å²) in [6.07, 6.45) is 1.63. The van der Waals surface area contributed by atoms with Crippen molar-refractivity contribution in [2.24, 2.45) is 0 Å². The first-order valence-electron chi connectivity index (χ1n) is 8.93. The van der Waals surface area contributed by atoms with Gasteiger partial charge in [-0.25, -0.2) is 4.98 Å². The summed E-state index contributed by atoms with van der Waals surface area (Å²) >= 11 is 0. The van der Waals surface area contributed by atoms with E-state index in [0.29, 0.717) is 11.9 Å². The zero-order valence-corrected chi connectivity index (χ0v) is 15.5. The van der Waals surface area contributed by atoms with Crippen molar-refractivity contribution in [2.75, 3.05) is 19.0 Å². The number of benzene rings is 3. The molecule has 0 atom stereocenters. The quantitative estimate of drug-likeness (QED) is 0.551. The van der Waals surface area contributed by atoms with Gasteiger partial charge in [-0.1, -0.05) is 42.5 Å². The second-order valence-electron chi connectivity index (χ2n) is 6.84. The van der Waals surface area contributed by atoms with Crippen molar-refractivity contribution in [1.82, 2.24) is 9.55 Å². The molecule has 0 N–H and O–H groups in total. The Morgan fingerprint density at radius 2 is 1.63 bits per heavy atom. The van der Waals surface area contributed by atoms with Gasteiger partial charge in [0.15, 0.2) is 0 Å². The molecule has 1 heterocycles. The minimum atomic E-state index is -0.0133. The maximum Gasteiger partial charge on any atom is 0.261 e. The average Bonchev–Trinajstić information content (AvgIpc) is 2.71. The van der Waals surface area contributed by atoms with E-state index in [4.69, 9.17) is 0 Å². The number of para-hydroxylation sites is 1.